The van der Waals surface area contributed by atoms with Crippen molar-refractivity contribution >= 4 is 17.5 Å². The molecular formula is C15H20N2O2. The van der Waals surface area contributed by atoms with Crippen LogP contribution in [0.15, 0.2) is 24.3 Å². The molecule has 102 valence electrons. The summed E-state index contributed by atoms with van der Waals surface area (Å²) in [5, 5.41) is 0. The smallest absolute Gasteiger partial charge is 0.246 e. The number of carbonyl (C=O) groups is 2. The summed E-state index contributed by atoms with van der Waals surface area (Å²) in [5.74, 6) is 0.389. The molecule has 0 radical (unpaired) electrons. The summed E-state index contributed by atoms with van der Waals surface area (Å²) in [6, 6.07) is 8.07. The zero-order chi connectivity index (χ0) is 14.0. The highest BCUT2D eigenvalue weighted by molar-refractivity contribution is 5.97. The van der Waals surface area contributed by atoms with E-state index in [9.17, 15) is 9.59 Å². The predicted molar refractivity (Wildman–Crippen MR) is 75.1 cm³/mol. The molecule has 19 heavy (non-hydrogen) atoms. The van der Waals surface area contributed by atoms with E-state index in [2.05, 4.69) is 26.0 Å². The maximum atomic E-state index is 12.1. The van der Waals surface area contributed by atoms with Crippen molar-refractivity contribution in [2.24, 2.45) is 0 Å². The van der Waals surface area contributed by atoms with Gasteiger partial charge < -0.3 is 9.80 Å². The van der Waals surface area contributed by atoms with E-state index in [4.69, 9.17) is 0 Å². The third-order valence-electron chi connectivity index (χ3n) is 3.51. The number of amides is 2. The number of rotatable bonds is 2. The van der Waals surface area contributed by atoms with Gasteiger partial charge in [0.2, 0.25) is 11.8 Å². The van der Waals surface area contributed by atoms with Crippen LogP contribution in [-0.2, 0) is 9.59 Å². The average molecular weight is 260 g/mol. The fourth-order valence-electron chi connectivity index (χ4n) is 2.27. The number of benzene rings is 1. The van der Waals surface area contributed by atoms with Gasteiger partial charge in [-0.3, -0.25) is 9.59 Å². The van der Waals surface area contributed by atoms with E-state index in [1.54, 1.807) is 9.80 Å². The zero-order valence-electron chi connectivity index (χ0n) is 11.7. The molecule has 0 N–H and O–H groups in total. The van der Waals surface area contributed by atoms with Gasteiger partial charge in [-0.05, 0) is 23.6 Å². The Balaban J connectivity index is 2.17. The van der Waals surface area contributed by atoms with Gasteiger partial charge in [0.15, 0.2) is 0 Å². The minimum absolute atomic E-state index is 0.0117. The van der Waals surface area contributed by atoms with Gasteiger partial charge in [-0.15, -0.1) is 0 Å². The summed E-state index contributed by atoms with van der Waals surface area (Å²) >= 11 is 0. The Morgan fingerprint density at radius 1 is 1.26 bits per heavy atom. The first-order valence-electron chi connectivity index (χ1n) is 6.65. The van der Waals surface area contributed by atoms with Gasteiger partial charge in [0.1, 0.15) is 6.54 Å². The van der Waals surface area contributed by atoms with E-state index in [-0.39, 0.29) is 18.4 Å². The normalized spacial score (nSPS) is 16.1. The maximum Gasteiger partial charge on any atom is 0.246 e. The van der Waals surface area contributed by atoms with Crippen LogP contribution < -0.4 is 4.90 Å². The molecule has 0 atom stereocenters. The van der Waals surface area contributed by atoms with Crippen LogP contribution in [0, 0.1) is 0 Å². The number of carbonyl (C=O) groups excluding carboxylic acids is 2. The zero-order valence-corrected chi connectivity index (χ0v) is 11.7. The molecule has 0 aliphatic carbocycles. The Morgan fingerprint density at radius 3 is 2.58 bits per heavy atom. The van der Waals surface area contributed by atoms with Crippen LogP contribution in [0.4, 0.5) is 5.69 Å². The lowest BCUT2D eigenvalue weighted by Gasteiger charge is -2.34. The lowest BCUT2D eigenvalue weighted by molar-refractivity contribution is -0.135. The predicted octanol–water partition coefficient (Wildman–Crippen LogP) is 2.01. The summed E-state index contributed by atoms with van der Waals surface area (Å²) in [7, 11) is 0. The molecule has 0 unspecified atom stereocenters. The summed E-state index contributed by atoms with van der Waals surface area (Å²) in [6.07, 6.45) is 0. The van der Waals surface area contributed by atoms with Crippen LogP contribution in [0.3, 0.4) is 0 Å². The molecule has 1 aromatic carbocycles. The standard InChI is InChI=1S/C15H20N2O2/c1-11(2)13-5-4-6-14(9-13)17-8-7-16(12(3)18)10-15(17)19/h4-6,9,11H,7-8,10H2,1-3H3. The minimum Gasteiger partial charge on any atom is -0.332 e. The van der Waals surface area contributed by atoms with Crippen LogP contribution in [0.1, 0.15) is 32.3 Å². The van der Waals surface area contributed by atoms with Gasteiger partial charge in [0, 0.05) is 25.7 Å². The van der Waals surface area contributed by atoms with Gasteiger partial charge in [-0.2, -0.15) is 0 Å². The molecule has 1 aliphatic heterocycles. The van der Waals surface area contributed by atoms with E-state index in [1.165, 1.54) is 12.5 Å². The van der Waals surface area contributed by atoms with Crippen molar-refractivity contribution in [2.45, 2.75) is 26.7 Å². The fourth-order valence-corrected chi connectivity index (χ4v) is 2.27. The van der Waals surface area contributed by atoms with E-state index >= 15 is 0 Å². The molecular weight excluding hydrogens is 240 g/mol. The van der Waals surface area contributed by atoms with Gasteiger partial charge in [-0.25, -0.2) is 0 Å². The highest BCUT2D eigenvalue weighted by Gasteiger charge is 2.26. The van der Waals surface area contributed by atoms with Gasteiger partial charge in [0.25, 0.3) is 0 Å². The van der Waals surface area contributed by atoms with Crippen LogP contribution in [-0.4, -0.2) is 36.3 Å². The third-order valence-corrected chi connectivity index (χ3v) is 3.51. The SMILES string of the molecule is CC(=O)N1CCN(c2cccc(C(C)C)c2)C(=O)C1. The number of hydrogen-bond donors (Lipinski definition) is 0. The minimum atomic E-state index is -0.0380. The van der Waals surface area contributed by atoms with Crippen molar-refractivity contribution in [3.05, 3.63) is 29.8 Å². The fraction of sp³-hybridized carbons (Fsp3) is 0.467. The monoisotopic (exact) mass is 260 g/mol. The molecule has 0 bridgehead atoms. The molecule has 1 saturated heterocycles. The van der Waals surface area contributed by atoms with Crippen molar-refractivity contribution in [2.75, 3.05) is 24.5 Å². The molecule has 4 nitrogen and oxygen atoms in total. The summed E-state index contributed by atoms with van der Waals surface area (Å²) < 4.78 is 0. The van der Waals surface area contributed by atoms with E-state index in [0.29, 0.717) is 19.0 Å². The topological polar surface area (TPSA) is 40.6 Å². The van der Waals surface area contributed by atoms with E-state index in [0.717, 1.165) is 5.69 Å². The van der Waals surface area contributed by atoms with E-state index < -0.39 is 0 Å². The molecule has 1 aliphatic rings. The second-order valence-electron chi connectivity index (χ2n) is 5.24. The number of piperazine rings is 1. The second-order valence-corrected chi connectivity index (χ2v) is 5.24. The summed E-state index contributed by atoms with van der Waals surface area (Å²) in [5.41, 5.74) is 2.15. The Kier molecular flexibility index (Phi) is 3.88. The maximum absolute atomic E-state index is 12.1. The van der Waals surface area contributed by atoms with Crippen LogP contribution in [0.25, 0.3) is 0 Å². The van der Waals surface area contributed by atoms with E-state index in [1.807, 2.05) is 12.1 Å². The van der Waals surface area contributed by atoms with Crippen molar-refractivity contribution in [1.82, 2.24) is 4.90 Å². The molecule has 1 fully saturated rings. The molecule has 0 spiro atoms. The van der Waals surface area contributed by atoms with Crippen molar-refractivity contribution in [3.63, 3.8) is 0 Å². The summed E-state index contributed by atoms with van der Waals surface area (Å²) in [6.45, 7) is 7.12. The highest BCUT2D eigenvalue weighted by atomic mass is 16.2. The van der Waals surface area contributed by atoms with Crippen LogP contribution >= 0.6 is 0 Å². The Bertz CT molecular complexity index is 497. The number of anilines is 1. The average Bonchev–Trinajstić information content (AvgIpc) is 2.38. The van der Waals surface area contributed by atoms with Gasteiger partial charge in [-0.1, -0.05) is 26.0 Å². The molecule has 2 amide bonds. The van der Waals surface area contributed by atoms with Crippen molar-refractivity contribution < 1.29 is 9.59 Å². The second kappa shape index (κ2) is 5.43. The van der Waals surface area contributed by atoms with Crippen LogP contribution in [0.5, 0.6) is 0 Å². The highest BCUT2D eigenvalue weighted by Crippen LogP contribution is 2.23. The molecule has 0 saturated carbocycles. The number of nitrogens with zero attached hydrogens (tertiary/aromatic N) is 2. The molecule has 0 aromatic heterocycles. The largest absolute Gasteiger partial charge is 0.332 e. The first kappa shape index (κ1) is 13.6. The first-order chi connectivity index (χ1) is 8.99. The molecule has 4 heteroatoms. The Hall–Kier alpha value is -1.84. The van der Waals surface area contributed by atoms with Crippen LogP contribution in [0.2, 0.25) is 0 Å². The Morgan fingerprint density at radius 2 is 2.00 bits per heavy atom. The lowest BCUT2D eigenvalue weighted by atomic mass is 10.0. The summed E-state index contributed by atoms with van der Waals surface area (Å²) in [4.78, 5) is 26.8. The van der Waals surface area contributed by atoms with Gasteiger partial charge >= 0.3 is 0 Å². The third kappa shape index (κ3) is 2.95. The lowest BCUT2D eigenvalue weighted by Crippen LogP contribution is -2.51. The van der Waals surface area contributed by atoms with Gasteiger partial charge in [0.05, 0.1) is 0 Å². The van der Waals surface area contributed by atoms with Crippen molar-refractivity contribution in [1.29, 1.82) is 0 Å². The molecule has 1 heterocycles. The molecule has 2 rings (SSSR count). The first-order valence-corrected chi connectivity index (χ1v) is 6.65. The quantitative estimate of drug-likeness (QED) is 0.816. The number of hydrogen-bond acceptors (Lipinski definition) is 2. The molecule has 1 aromatic rings. The Labute approximate surface area is 114 Å². The van der Waals surface area contributed by atoms with Crippen molar-refractivity contribution in [3.8, 4) is 0 Å².